The first-order valence-corrected chi connectivity index (χ1v) is 10.4. The second-order valence-corrected chi connectivity index (χ2v) is 8.71. The first-order valence-electron chi connectivity index (χ1n) is 8.98. The number of fused-ring (bicyclic) bond motifs is 1. The van der Waals surface area contributed by atoms with Gasteiger partial charge >= 0.3 is 6.09 Å². The summed E-state index contributed by atoms with van der Waals surface area (Å²) < 4.78 is 32.4. The van der Waals surface area contributed by atoms with Crippen molar-refractivity contribution in [2.45, 2.75) is 30.4 Å². The number of nitrogens with zero attached hydrogens (tertiary/aromatic N) is 3. The summed E-state index contributed by atoms with van der Waals surface area (Å²) in [6, 6.07) is 13.0. The molecule has 28 heavy (non-hydrogen) atoms. The van der Waals surface area contributed by atoms with Crippen molar-refractivity contribution in [2.24, 2.45) is 5.18 Å². The molecule has 2 aromatic rings. The van der Waals surface area contributed by atoms with Crippen LogP contribution in [0.15, 0.2) is 58.6 Å². The summed E-state index contributed by atoms with van der Waals surface area (Å²) in [4.78, 5) is 24.6. The van der Waals surface area contributed by atoms with Crippen molar-refractivity contribution < 1.29 is 17.9 Å². The number of hydrogen-bond acceptors (Lipinski definition) is 6. The fraction of sp³-hybridized carbons (Fsp3) is 0.316. The molecule has 0 spiro atoms. The van der Waals surface area contributed by atoms with Crippen LogP contribution in [0.2, 0.25) is 0 Å². The minimum Gasteiger partial charge on any atom is -0.444 e. The van der Waals surface area contributed by atoms with Gasteiger partial charge in [-0.15, -0.1) is 4.91 Å². The van der Waals surface area contributed by atoms with E-state index >= 15 is 0 Å². The number of ether oxygens (including phenoxy) is 1. The highest BCUT2D eigenvalue weighted by Gasteiger charge is 2.36. The summed E-state index contributed by atoms with van der Waals surface area (Å²) in [7, 11) is -3.66. The van der Waals surface area contributed by atoms with E-state index in [1.807, 2.05) is 24.3 Å². The van der Waals surface area contributed by atoms with Crippen LogP contribution in [0, 0.1) is 4.91 Å². The first kappa shape index (κ1) is 18.6. The quantitative estimate of drug-likeness (QED) is 0.732. The van der Waals surface area contributed by atoms with Gasteiger partial charge in [-0.25, -0.2) is 13.2 Å². The van der Waals surface area contributed by atoms with Crippen LogP contribution in [0.25, 0.3) is 0 Å². The largest absolute Gasteiger partial charge is 0.444 e. The number of anilines is 1. The van der Waals surface area contributed by atoms with Crippen LogP contribution < -0.4 is 4.90 Å². The molecular weight excluding hydrogens is 382 g/mol. The van der Waals surface area contributed by atoms with E-state index in [-0.39, 0.29) is 23.2 Å². The third-order valence-electron chi connectivity index (χ3n) is 5.17. The normalized spacial score (nSPS) is 18.4. The Balaban J connectivity index is 1.50. The Labute approximate surface area is 162 Å². The van der Waals surface area contributed by atoms with Crippen LogP contribution >= 0.6 is 0 Å². The van der Waals surface area contributed by atoms with Gasteiger partial charge in [0.25, 0.3) is 0 Å². The van der Waals surface area contributed by atoms with Gasteiger partial charge in [-0.2, -0.15) is 4.31 Å². The van der Waals surface area contributed by atoms with Crippen molar-refractivity contribution in [1.29, 1.82) is 0 Å². The molecular formula is C19H19N3O5S. The minimum absolute atomic E-state index is 0.123. The molecule has 2 heterocycles. The molecule has 1 amide bonds. The Bertz CT molecular complexity index is 998. The molecule has 146 valence electrons. The molecule has 2 aliphatic rings. The lowest BCUT2D eigenvalue weighted by atomic mass is 10.0. The molecule has 9 heteroatoms. The van der Waals surface area contributed by atoms with Crippen LogP contribution in [0.5, 0.6) is 0 Å². The van der Waals surface area contributed by atoms with Crippen LogP contribution in [0.3, 0.4) is 0 Å². The van der Waals surface area contributed by atoms with E-state index in [1.165, 1.54) is 28.6 Å². The molecule has 0 aromatic heterocycles. The van der Waals surface area contributed by atoms with E-state index in [2.05, 4.69) is 5.18 Å². The number of carbonyl (C=O) groups excluding carboxylic acids is 1. The van der Waals surface area contributed by atoms with Crippen molar-refractivity contribution in [1.82, 2.24) is 4.31 Å². The second kappa shape index (κ2) is 7.33. The molecule has 0 unspecified atom stereocenters. The summed E-state index contributed by atoms with van der Waals surface area (Å²) in [6.45, 7) is 0.851. The lowest BCUT2D eigenvalue weighted by Crippen LogP contribution is -2.50. The second-order valence-electron chi connectivity index (χ2n) is 6.77. The van der Waals surface area contributed by atoms with E-state index in [1.54, 1.807) is 4.90 Å². The molecule has 2 aliphatic heterocycles. The number of hydrogen-bond donors (Lipinski definition) is 0. The maximum Gasteiger partial charge on any atom is 0.414 e. The van der Waals surface area contributed by atoms with Crippen LogP contribution in [0.1, 0.15) is 18.4 Å². The zero-order chi connectivity index (χ0) is 19.7. The van der Waals surface area contributed by atoms with Crippen LogP contribution in [0.4, 0.5) is 16.2 Å². The topological polar surface area (TPSA) is 96.4 Å². The molecule has 0 atom stereocenters. The number of sulfonamides is 1. The molecule has 1 saturated heterocycles. The van der Waals surface area contributed by atoms with Crippen molar-refractivity contribution >= 4 is 27.5 Å². The maximum atomic E-state index is 12.8. The molecule has 0 aliphatic carbocycles. The van der Waals surface area contributed by atoms with E-state index in [0.717, 1.165) is 11.3 Å². The summed E-state index contributed by atoms with van der Waals surface area (Å²) in [6.07, 6.45) is 0.629. The minimum atomic E-state index is -3.66. The molecule has 0 N–H and O–H groups in total. The number of para-hydroxylation sites is 1. The van der Waals surface area contributed by atoms with Gasteiger partial charge in [-0.05, 0) is 48.4 Å². The lowest BCUT2D eigenvalue weighted by Gasteiger charge is -2.39. The van der Waals surface area contributed by atoms with Gasteiger partial charge in [0.1, 0.15) is 12.3 Å². The van der Waals surface area contributed by atoms with E-state index in [0.29, 0.717) is 25.9 Å². The third-order valence-corrected chi connectivity index (χ3v) is 7.08. The van der Waals surface area contributed by atoms with E-state index in [4.69, 9.17) is 4.74 Å². The molecule has 4 rings (SSSR count). The monoisotopic (exact) mass is 401 g/mol. The Morgan fingerprint density at radius 3 is 2.36 bits per heavy atom. The molecule has 0 saturated carbocycles. The standard InChI is InChI=1S/C19H19N3O5S/c23-19-22(18-4-2-1-3-14(18)13-27-19)16-9-11-21(12-10-16)28(25,26)17-7-5-15(20-24)6-8-17/h1-8,16H,9-13H2. The number of carbonyl (C=O) groups is 1. The maximum absolute atomic E-state index is 12.8. The van der Waals surface area contributed by atoms with Crippen molar-refractivity contribution in [2.75, 3.05) is 18.0 Å². The highest BCUT2D eigenvalue weighted by atomic mass is 32.2. The molecule has 1 fully saturated rings. The SMILES string of the molecule is O=Nc1ccc(S(=O)(=O)N2CCC(N3C(=O)OCc4ccccc43)CC2)cc1. The predicted molar refractivity (Wildman–Crippen MR) is 103 cm³/mol. The summed E-state index contributed by atoms with van der Waals surface area (Å²) in [5, 5.41) is 2.79. The van der Waals surface area contributed by atoms with Gasteiger partial charge in [-0.3, -0.25) is 4.90 Å². The van der Waals surface area contributed by atoms with Gasteiger partial charge in [0, 0.05) is 24.7 Å². The summed E-state index contributed by atoms with van der Waals surface area (Å²) in [5.74, 6) is 0. The third kappa shape index (κ3) is 3.27. The van der Waals surface area contributed by atoms with Gasteiger partial charge in [-0.1, -0.05) is 18.2 Å². The smallest absolute Gasteiger partial charge is 0.414 e. The van der Waals surface area contributed by atoms with Crippen molar-refractivity contribution in [3.8, 4) is 0 Å². The first-order chi connectivity index (χ1) is 13.5. The average Bonchev–Trinajstić information content (AvgIpc) is 2.74. The number of cyclic esters (lactones) is 1. The Morgan fingerprint density at radius 1 is 1.00 bits per heavy atom. The van der Waals surface area contributed by atoms with Crippen molar-refractivity contribution in [3.05, 3.63) is 59.0 Å². The van der Waals surface area contributed by atoms with Gasteiger partial charge < -0.3 is 4.74 Å². The molecule has 2 aromatic carbocycles. The van der Waals surface area contributed by atoms with Gasteiger partial charge in [0.15, 0.2) is 0 Å². The van der Waals surface area contributed by atoms with Gasteiger partial charge in [0.05, 0.1) is 10.6 Å². The number of amides is 1. The Morgan fingerprint density at radius 2 is 1.68 bits per heavy atom. The number of rotatable bonds is 4. The fourth-order valence-corrected chi connectivity index (χ4v) is 5.16. The number of piperidine rings is 1. The highest BCUT2D eigenvalue weighted by Crippen LogP contribution is 2.33. The van der Waals surface area contributed by atoms with E-state index < -0.39 is 16.1 Å². The predicted octanol–water partition coefficient (Wildman–Crippen LogP) is 3.39. The summed E-state index contributed by atoms with van der Waals surface area (Å²) in [5.41, 5.74) is 1.96. The average molecular weight is 401 g/mol. The Kier molecular flexibility index (Phi) is 4.86. The molecule has 0 radical (unpaired) electrons. The Hall–Kier alpha value is -2.78. The zero-order valence-electron chi connectivity index (χ0n) is 15.0. The number of nitroso groups, excluding NO2 is 1. The zero-order valence-corrected chi connectivity index (χ0v) is 15.8. The number of benzene rings is 2. The van der Waals surface area contributed by atoms with Gasteiger partial charge in [0.2, 0.25) is 10.0 Å². The van der Waals surface area contributed by atoms with Crippen LogP contribution in [-0.4, -0.2) is 37.9 Å². The van der Waals surface area contributed by atoms with Crippen molar-refractivity contribution in [3.63, 3.8) is 0 Å². The highest BCUT2D eigenvalue weighted by molar-refractivity contribution is 7.89. The lowest BCUT2D eigenvalue weighted by molar-refractivity contribution is 0.136. The molecule has 0 bridgehead atoms. The molecule has 8 nitrogen and oxygen atoms in total. The van der Waals surface area contributed by atoms with Crippen LogP contribution in [-0.2, 0) is 21.4 Å². The summed E-state index contributed by atoms with van der Waals surface area (Å²) >= 11 is 0. The van der Waals surface area contributed by atoms with E-state index in [9.17, 15) is 18.1 Å². The fourth-order valence-electron chi connectivity index (χ4n) is 3.69.